The molecule has 0 unspecified atom stereocenters. The Balaban J connectivity index is 1.63. The average Bonchev–Trinajstić information content (AvgIpc) is 3.47. The van der Waals surface area contributed by atoms with Crippen LogP contribution < -0.4 is 15.5 Å². The number of aromatic nitrogens is 1. The minimum atomic E-state index is 0.712. The van der Waals surface area contributed by atoms with Crippen LogP contribution in [0.4, 0.5) is 5.82 Å². The van der Waals surface area contributed by atoms with Gasteiger partial charge in [0.2, 0.25) is 0 Å². The summed E-state index contributed by atoms with van der Waals surface area (Å²) in [5.41, 5.74) is 1.15. The Kier molecular flexibility index (Phi) is 8.52. The Bertz CT molecular complexity index is 509. The third-order valence-electron chi connectivity index (χ3n) is 4.39. The van der Waals surface area contributed by atoms with Gasteiger partial charge in [0.25, 0.3) is 0 Å². The second kappa shape index (κ2) is 10.9. The van der Waals surface area contributed by atoms with Crippen LogP contribution in [0, 0.1) is 5.92 Å². The number of nitrogens with one attached hydrogen (secondary N) is 2. The lowest BCUT2D eigenvalue weighted by Gasteiger charge is -2.19. The maximum Gasteiger partial charge on any atom is 0.191 e. The van der Waals surface area contributed by atoms with Gasteiger partial charge in [0, 0.05) is 52.6 Å². The van der Waals surface area contributed by atoms with Gasteiger partial charge in [-0.1, -0.05) is 6.07 Å². The Morgan fingerprint density at radius 2 is 2.08 bits per heavy atom. The molecule has 1 saturated carbocycles. The Hall–Kier alpha value is -1.82. The molecule has 0 atom stereocenters. The number of rotatable bonds is 11. The predicted octanol–water partition coefficient (Wildman–Crippen LogP) is 2.41. The van der Waals surface area contributed by atoms with Gasteiger partial charge in [-0.15, -0.1) is 0 Å². The van der Waals surface area contributed by atoms with Crippen molar-refractivity contribution in [3.8, 4) is 0 Å². The number of ether oxygens (including phenoxy) is 1. The lowest BCUT2D eigenvalue weighted by molar-refractivity contribution is 0.123. The van der Waals surface area contributed by atoms with Crippen molar-refractivity contribution in [2.45, 2.75) is 39.7 Å². The molecule has 0 amide bonds. The highest BCUT2D eigenvalue weighted by atomic mass is 16.5. The van der Waals surface area contributed by atoms with Gasteiger partial charge in [-0.2, -0.15) is 0 Å². The molecule has 1 fully saturated rings. The number of aliphatic imine (C=N–C) groups is 1. The molecule has 1 aliphatic carbocycles. The van der Waals surface area contributed by atoms with E-state index in [2.05, 4.69) is 51.5 Å². The van der Waals surface area contributed by atoms with Crippen molar-refractivity contribution in [2.75, 3.05) is 44.8 Å². The van der Waals surface area contributed by atoms with Gasteiger partial charge in [-0.05, 0) is 50.7 Å². The fraction of sp³-hybridized carbons (Fsp3) is 0.684. The fourth-order valence-electron chi connectivity index (χ4n) is 2.58. The molecule has 0 spiro atoms. The summed E-state index contributed by atoms with van der Waals surface area (Å²) in [5, 5.41) is 6.65. The highest BCUT2D eigenvalue weighted by Crippen LogP contribution is 2.28. The quantitative estimate of drug-likeness (QED) is 0.366. The third-order valence-corrected chi connectivity index (χ3v) is 4.39. The van der Waals surface area contributed by atoms with E-state index in [-0.39, 0.29) is 0 Å². The maximum absolute atomic E-state index is 5.64. The number of pyridine rings is 1. The van der Waals surface area contributed by atoms with Gasteiger partial charge in [0.05, 0.1) is 0 Å². The van der Waals surface area contributed by atoms with E-state index < -0.39 is 0 Å². The monoisotopic (exact) mass is 347 g/mol. The largest absolute Gasteiger partial charge is 0.381 e. The van der Waals surface area contributed by atoms with Crippen molar-refractivity contribution in [1.82, 2.24) is 15.6 Å². The molecule has 0 aromatic carbocycles. The first kappa shape index (κ1) is 19.5. The second-order valence-electron chi connectivity index (χ2n) is 6.42. The van der Waals surface area contributed by atoms with Gasteiger partial charge < -0.3 is 20.3 Å². The molecule has 1 aromatic rings. The van der Waals surface area contributed by atoms with E-state index in [4.69, 9.17) is 4.74 Å². The average molecular weight is 348 g/mol. The molecular formula is C19H33N5O. The van der Waals surface area contributed by atoms with Crippen molar-refractivity contribution in [2.24, 2.45) is 10.9 Å². The normalized spacial score (nSPS) is 14.4. The second-order valence-corrected chi connectivity index (χ2v) is 6.42. The summed E-state index contributed by atoms with van der Waals surface area (Å²) in [5.74, 6) is 2.68. The highest BCUT2D eigenvalue weighted by molar-refractivity contribution is 5.79. The standard InChI is InChI=1S/C19H33N5O/c1-4-24(5-2)18-10-9-17(13-22-18)14-23-19(20-3)21-11-6-12-25-15-16-7-8-16/h9-10,13,16H,4-8,11-12,14-15H2,1-3H3,(H2,20,21,23). The molecule has 0 aliphatic heterocycles. The van der Waals surface area contributed by atoms with E-state index in [1.54, 1.807) is 7.05 Å². The Morgan fingerprint density at radius 3 is 2.68 bits per heavy atom. The topological polar surface area (TPSA) is 61.8 Å². The first-order chi connectivity index (χ1) is 12.3. The smallest absolute Gasteiger partial charge is 0.191 e. The molecule has 1 aliphatic rings. The van der Waals surface area contributed by atoms with Crippen molar-refractivity contribution >= 4 is 11.8 Å². The highest BCUT2D eigenvalue weighted by Gasteiger charge is 2.20. The zero-order chi connectivity index (χ0) is 17.9. The molecule has 6 heteroatoms. The van der Waals surface area contributed by atoms with E-state index in [1.807, 2.05) is 6.20 Å². The van der Waals surface area contributed by atoms with Crippen LogP contribution in [0.5, 0.6) is 0 Å². The van der Waals surface area contributed by atoms with Crippen LogP contribution in [-0.4, -0.2) is 50.8 Å². The van der Waals surface area contributed by atoms with Gasteiger partial charge in [0.15, 0.2) is 5.96 Å². The molecule has 1 heterocycles. The summed E-state index contributed by atoms with van der Waals surface area (Å²) in [7, 11) is 1.79. The van der Waals surface area contributed by atoms with Gasteiger partial charge >= 0.3 is 0 Å². The number of hydrogen-bond donors (Lipinski definition) is 2. The molecular weight excluding hydrogens is 314 g/mol. The van der Waals surface area contributed by atoms with E-state index in [0.29, 0.717) is 6.54 Å². The van der Waals surface area contributed by atoms with Crippen molar-refractivity contribution in [1.29, 1.82) is 0 Å². The zero-order valence-electron chi connectivity index (χ0n) is 15.9. The summed E-state index contributed by atoms with van der Waals surface area (Å²) in [6.07, 6.45) is 5.62. The first-order valence-electron chi connectivity index (χ1n) is 9.49. The number of hydrogen-bond acceptors (Lipinski definition) is 4. The molecule has 25 heavy (non-hydrogen) atoms. The van der Waals surface area contributed by atoms with Gasteiger partial charge in [-0.25, -0.2) is 4.98 Å². The molecule has 6 nitrogen and oxygen atoms in total. The summed E-state index contributed by atoms with van der Waals surface area (Å²) in [4.78, 5) is 11.0. The molecule has 1 aromatic heterocycles. The number of anilines is 1. The number of guanidine groups is 1. The minimum absolute atomic E-state index is 0.712. The molecule has 0 bridgehead atoms. The van der Waals surface area contributed by atoms with Crippen LogP contribution in [-0.2, 0) is 11.3 Å². The molecule has 140 valence electrons. The minimum Gasteiger partial charge on any atom is -0.381 e. The van der Waals surface area contributed by atoms with E-state index in [1.165, 1.54) is 12.8 Å². The fourth-order valence-corrected chi connectivity index (χ4v) is 2.58. The van der Waals surface area contributed by atoms with Crippen molar-refractivity contribution < 1.29 is 4.74 Å². The van der Waals surface area contributed by atoms with Crippen LogP contribution in [0.15, 0.2) is 23.3 Å². The van der Waals surface area contributed by atoms with Crippen LogP contribution in [0.1, 0.15) is 38.7 Å². The summed E-state index contributed by atoms with van der Waals surface area (Å²) in [6, 6.07) is 4.20. The molecule has 0 saturated heterocycles. The summed E-state index contributed by atoms with van der Waals surface area (Å²) < 4.78 is 5.64. The van der Waals surface area contributed by atoms with Gasteiger partial charge in [-0.3, -0.25) is 4.99 Å². The van der Waals surface area contributed by atoms with Crippen LogP contribution in [0.25, 0.3) is 0 Å². The first-order valence-corrected chi connectivity index (χ1v) is 9.49. The van der Waals surface area contributed by atoms with Crippen molar-refractivity contribution in [3.05, 3.63) is 23.9 Å². The maximum atomic E-state index is 5.64. The molecule has 2 N–H and O–H groups in total. The van der Waals surface area contributed by atoms with E-state index in [0.717, 1.165) is 62.5 Å². The molecule has 2 rings (SSSR count). The van der Waals surface area contributed by atoms with E-state index >= 15 is 0 Å². The summed E-state index contributed by atoms with van der Waals surface area (Å²) >= 11 is 0. The van der Waals surface area contributed by atoms with Crippen LogP contribution in [0.2, 0.25) is 0 Å². The SMILES string of the molecule is CCN(CC)c1ccc(CNC(=NC)NCCCOCC2CC2)cn1. The third kappa shape index (κ3) is 7.30. The lowest BCUT2D eigenvalue weighted by Crippen LogP contribution is -2.37. The van der Waals surface area contributed by atoms with E-state index in [9.17, 15) is 0 Å². The Labute approximate surface area is 152 Å². The lowest BCUT2D eigenvalue weighted by atomic mass is 10.2. The number of nitrogens with zero attached hydrogens (tertiary/aromatic N) is 3. The predicted molar refractivity (Wildman–Crippen MR) is 104 cm³/mol. The summed E-state index contributed by atoms with van der Waals surface area (Å²) in [6.45, 7) is 9.57. The Morgan fingerprint density at radius 1 is 1.28 bits per heavy atom. The zero-order valence-corrected chi connectivity index (χ0v) is 15.9. The van der Waals surface area contributed by atoms with Crippen molar-refractivity contribution in [3.63, 3.8) is 0 Å². The van der Waals surface area contributed by atoms with Crippen LogP contribution in [0.3, 0.4) is 0 Å². The van der Waals surface area contributed by atoms with Gasteiger partial charge in [0.1, 0.15) is 5.82 Å². The van der Waals surface area contributed by atoms with Crippen LogP contribution >= 0.6 is 0 Å². The molecule has 0 radical (unpaired) electrons.